The second kappa shape index (κ2) is 4.97. The van der Waals surface area contributed by atoms with Gasteiger partial charge in [-0.25, -0.2) is 0 Å². The molecule has 1 aliphatic heterocycles. The van der Waals surface area contributed by atoms with Crippen molar-refractivity contribution in [3.8, 4) is 0 Å². The van der Waals surface area contributed by atoms with Crippen LogP contribution in [-0.4, -0.2) is 34.1 Å². The van der Waals surface area contributed by atoms with E-state index in [1.165, 1.54) is 32.1 Å². The van der Waals surface area contributed by atoms with Crippen LogP contribution >= 0.6 is 0 Å². The molecule has 0 amide bonds. The van der Waals surface area contributed by atoms with Crippen LogP contribution in [0, 0.1) is 5.92 Å². The molecule has 3 atom stereocenters. The van der Waals surface area contributed by atoms with Crippen LogP contribution in [0.25, 0.3) is 0 Å². The maximum absolute atomic E-state index is 11.5. The third-order valence-electron chi connectivity index (χ3n) is 4.93. The van der Waals surface area contributed by atoms with Crippen LogP contribution in [-0.2, 0) is 4.79 Å². The van der Waals surface area contributed by atoms with Crippen molar-refractivity contribution in [2.24, 2.45) is 5.92 Å². The van der Waals surface area contributed by atoms with Gasteiger partial charge in [0, 0.05) is 6.04 Å². The third kappa shape index (κ3) is 2.35. The molecule has 0 spiro atoms. The molecule has 1 saturated carbocycles. The molecule has 17 heavy (non-hydrogen) atoms. The minimum absolute atomic E-state index is 0.511. The van der Waals surface area contributed by atoms with E-state index in [9.17, 15) is 9.90 Å². The zero-order valence-corrected chi connectivity index (χ0v) is 11.1. The summed E-state index contributed by atoms with van der Waals surface area (Å²) in [6, 6.07) is 0.511. The molecule has 0 aromatic carbocycles. The molecule has 2 aliphatic rings. The monoisotopic (exact) mass is 239 g/mol. The lowest BCUT2D eigenvalue weighted by molar-refractivity contribution is -0.150. The van der Waals surface area contributed by atoms with Gasteiger partial charge in [-0.05, 0) is 45.1 Å². The predicted octanol–water partition coefficient (Wildman–Crippen LogP) is 2.89. The van der Waals surface area contributed by atoms with Gasteiger partial charge in [0.1, 0.15) is 5.54 Å². The topological polar surface area (TPSA) is 40.5 Å². The first kappa shape index (κ1) is 12.9. The molecule has 1 heterocycles. The number of aliphatic carboxylic acids is 1. The van der Waals surface area contributed by atoms with Crippen LogP contribution in [0.1, 0.15) is 58.8 Å². The molecule has 0 aromatic rings. The number of carboxylic acid groups (broad SMARTS) is 1. The number of likely N-dealkylation sites (tertiary alicyclic amines) is 1. The van der Waals surface area contributed by atoms with Gasteiger partial charge in [0.05, 0.1) is 0 Å². The van der Waals surface area contributed by atoms with Crippen molar-refractivity contribution in [3.63, 3.8) is 0 Å². The zero-order valence-electron chi connectivity index (χ0n) is 11.1. The number of carbonyl (C=O) groups is 1. The van der Waals surface area contributed by atoms with E-state index in [1.54, 1.807) is 0 Å². The van der Waals surface area contributed by atoms with Crippen LogP contribution in [0.15, 0.2) is 0 Å². The van der Waals surface area contributed by atoms with E-state index < -0.39 is 11.5 Å². The smallest absolute Gasteiger partial charge is 0.323 e. The number of nitrogens with zero attached hydrogens (tertiary/aromatic N) is 1. The molecule has 3 nitrogen and oxygen atoms in total. The summed E-state index contributed by atoms with van der Waals surface area (Å²) >= 11 is 0. The van der Waals surface area contributed by atoms with E-state index in [4.69, 9.17) is 0 Å². The highest BCUT2D eigenvalue weighted by Crippen LogP contribution is 2.38. The maximum atomic E-state index is 11.5. The predicted molar refractivity (Wildman–Crippen MR) is 68.0 cm³/mol. The largest absolute Gasteiger partial charge is 0.480 e. The fourth-order valence-corrected chi connectivity index (χ4v) is 3.72. The molecule has 0 bridgehead atoms. The number of carboxylic acids is 1. The summed E-state index contributed by atoms with van der Waals surface area (Å²) in [4.78, 5) is 13.8. The van der Waals surface area contributed by atoms with Crippen molar-refractivity contribution < 1.29 is 9.90 Å². The highest BCUT2D eigenvalue weighted by Gasteiger charge is 2.46. The quantitative estimate of drug-likeness (QED) is 0.823. The van der Waals surface area contributed by atoms with Gasteiger partial charge in [0.15, 0.2) is 0 Å². The summed E-state index contributed by atoms with van der Waals surface area (Å²) in [6.07, 6.45) is 8.11. The SMILES string of the molecule is CCC1CCCC(N2CCCC2(C)C(=O)O)C1. The van der Waals surface area contributed by atoms with Crippen LogP contribution in [0.5, 0.6) is 0 Å². The minimum atomic E-state index is -0.631. The fourth-order valence-electron chi connectivity index (χ4n) is 3.72. The lowest BCUT2D eigenvalue weighted by Crippen LogP contribution is -2.53. The minimum Gasteiger partial charge on any atom is -0.480 e. The molecule has 3 unspecified atom stereocenters. The standard InChI is InChI=1S/C14H25NO2/c1-3-11-6-4-7-12(10-11)15-9-5-8-14(15,2)13(16)17/h11-12H,3-10H2,1-2H3,(H,16,17). The van der Waals surface area contributed by atoms with Crippen molar-refractivity contribution in [3.05, 3.63) is 0 Å². The van der Waals surface area contributed by atoms with Gasteiger partial charge in [0.2, 0.25) is 0 Å². The van der Waals surface area contributed by atoms with Crippen LogP contribution < -0.4 is 0 Å². The fraction of sp³-hybridized carbons (Fsp3) is 0.929. The summed E-state index contributed by atoms with van der Waals surface area (Å²) in [5.74, 6) is 0.181. The first-order chi connectivity index (χ1) is 8.08. The average Bonchev–Trinajstić information content (AvgIpc) is 2.73. The van der Waals surface area contributed by atoms with E-state index in [2.05, 4.69) is 11.8 Å². The lowest BCUT2D eigenvalue weighted by Gasteiger charge is -2.41. The van der Waals surface area contributed by atoms with Crippen LogP contribution in [0.3, 0.4) is 0 Å². The maximum Gasteiger partial charge on any atom is 0.323 e. The Morgan fingerprint density at radius 3 is 2.82 bits per heavy atom. The van der Waals surface area contributed by atoms with Gasteiger partial charge >= 0.3 is 5.97 Å². The van der Waals surface area contributed by atoms with Crippen molar-refractivity contribution >= 4 is 5.97 Å². The summed E-state index contributed by atoms with van der Waals surface area (Å²) in [5, 5.41) is 9.45. The molecule has 0 radical (unpaired) electrons. The Labute approximate surface area is 104 Å². The summed E-state index contributed by atoms with van der Waals surface area (Å²) < 4.78 is 0. The van der Waals surface area contributed by atoms with Crippen molar-refractivity contribution in [2.45, 2.75) is 70.4 Å². The summed E-state index contributed by atoms with van der Waals surface area (Å²) in [5.41, 5.74) is -0.597. The Hall–Kier alpha value is -0.570. The molecule has 2 fully saturated rings. The van der Waals surface area contributed by atoms with Gasteiger partial charge in [-0.2, -0.15) is 0 Å². The second-order valence-corrected chi connectivity index (χ2v) is 5.97. The van der Waals surface area contributed by atoms with Gasteiger partial charge < -0.3 is 5.11 Å². The molecule has 3 heteroatoms. The van der Waals surface area contributed by atoms with E-state index in [-0.39, 0.29) is 0 Å². The number of hydrogen-bond acceptors (Lipinski definition) is 2. The van der Waals surface area contributed by atoms with Gasteiger partial charge in [0.25, 0.3) is 0 Å². The van der Waals surface area contributed by atoms with E-state index in [0.717, 1.165) is 25.3 Å². The van der Waals surface area contributed by atoms with Crippen LogP contribution in [0.2, 0.25) is 0 Å². The number of rotatable bonds is 3. The van der Waals surface area contributed by atoms with E-state index in [0.29, 0.717) is 6.04 Å². The highest BCUT2D eigenvalue weighted by molar-refractivity contribution is 5.78. The van der Waals surface area contributed by atoms with Gasteiger partial charge in [-0.1, -0.05) is 26.2 Å². The van der Waals surface area contributed by atoms with E-state index >= 15 is 0 Å². The summed E-state index contributed by atoms with van der Waals surface area (Å²) in [6.45, 7) is 5.15. The summed E-state index contributed by atoms with van der Waals surface area (Å²) in [7, 11) is 0. The van der Waals surface area contributed by atoms with E-state index in [1.807, 2.05) is 6.92 Å². The molecular weight excluding hydrogens is 214 g/mol. The van der Waals surface area contributed by atoms with Crippen LogP contribution in [0.4, 0.5) is 0 Å². The molecule has 0 aromatic heterocycles. The first-order valence-electron chi connectivity index (χ1n) is 7.08. The Kier molecular flexibility index (Phi) is 3.76. The van der Waals surface area contributed by atoms with Gasteiger partial charge in [-0.3, -0.25) is 9.69 Å². The Balaban J connectivity index is 2.08. The normalized spacial score (nSPS) is 39.4. The van der Waals surface area contributed by atoms with Crippen molar-refractivity contribution in [2.75, 3.05) is 6.54 Å². The first-order valence-corrected chi connectivity index (χ1v) is 7.08. The average molecular weight is 239 g/mol. The second-order valence-electron chi connectivity index (χ2n) is 5.97. The Morgan fingerprint density at radius 1 is 1.41 bits per heavy atom. The Morgan fingerprint density at radius 2 is 2.18 bits per heavy atom. The molecule has 1 aliphatic carbocycles. The van der Waals surface area contributed by atoms with Gasteiger partial charge in [-0.15, -0.1) is 0 Å². The third-order valence-corrected chi connectivity index (χ3v) is 4.93. The molecular formula is C14H25NO2. The Bertz CT molecular complexity index is 292. The zero-order chi connectivity index (χ0) is 12.5. The molecule has 98 valence electrons. The lowest BCUT2D eigenvalue weighted by atomic mass is 9.82. The highest BCUT2D eigenvalue weighted by atomic mass is 16.4. The molecule has 2 rings (SSSR count). The molecule has 1 N–H and O–H groups in total. The number of hydrogen-bond donors (Lipinski definition) is 1. The molecule has 1 saturated heterocycles. The van der Waals surface area contributed by atoms with Crippen molar-refractivity contribution in [1.82, 2.24) is 4.90 Å². The van der Waals surface area contributed by atoms with Crippen molar-refractivity contribution in [1.29, 1.82) is 0 Å².